The molecule has 4 aromatic rings. The molecule has 0 atom stereocenters. The minimum atomic E-state index is -0.372. The molecule has 0 bridgehead atoms. The molecule has 8 nitrogen and oxygen atoms in total. The van der Waals surface area contributed by atoms with Crippen molar-refractivity contribution in [2.24, 2.45) is 0 Å². The summed E-state index contributed by atoms with van der Waals surface area (Å²) >= 11 is 0. The Morgan fingerprint density at radius 2 is 1.57 bits per heavy atom. The summed E-state index contributed by atoms with van der Waals surface area (Å²) in [5, 5.41) is 9.65. The van der Waals surface area contributed by atoms with Crippen molar-refractivity contribution in [1.29, 1.82) is 0 Å². The van der Waals surface area contributed by atoms with E-state index in [0.717, 1.165) is 16.6 Å². The molecule has 0 radical (unpaired) electrons. The maximum Gasteiger partial charge on any atom is 0.274 e. The van der Waals surface area contributed by atoms with Crippen molar-refractivity contribution in [3.05, 3.63) is 78.9 Å². The molecule has 0 unspecified atom stereocenters. The summed E-state index contributed by atoms with van der Waals surface area (Å²) in [6.07, 6.45) is 3.05. The highest BCUT2D eigenvalue weighted by Gasteiger charge is 2.11. The molecule has 2 aromatic heterocycles. The Kier molecular flexibility index (Phi) is 5.29. The zero-order valence-corrected chi connectivity index (χ0v) is 16.1. The van der Waals surface area contributed by atoms with Gasteiger partial charge in [0.25, 0.3) is 5.91 Å². The Morgan fingerprint density at radius 1 is 0.833 bits per heavy atom. The van der Waals surface area contributed by atoms with E-state index in [1.54, 1.807) is 36.5 Å². The number of carbonyl (C=O) groups excluding carboxylic acids is 2. The number of carbonyl (C=O) groups is 2. The van der Waals surface area contributed by atoms with Crippen LogP contribution >= 0.6 is 0 Å². The van der Waals surface area contributed by atoms with Gasteiger partial charge in [0.1, 0.15) is 17.8 Å². The SMILES string of the molecule is CC(=O)Nc1ccc(NC(=O)c2cc(Nc3cccc4cccnc34)ncn2)cc1. The van der Waals surface area contributed by atoms with Crippen LogP contribution in [0.4, 0.5) is 22.9 Å². The van der Waals surface area contributed by atoms with Gasteiger partial charge in [0, 0.05) is 35.9 Å². The van der Waals surface area contributed by atoms with Gasteiger partial charge in [0.05, 0.1) is 11.2 Å². The van der Waals surface area contributed by atoms with Crippen LogP contribution in [0.1, 0.15) is 17.4 Å². The number of benzene rings is 2. The van der Waals surface area contributed by atoms with E-state index in [1.165, 1.54) is 13.3 Å². The largest absolute Gasteiger partial charge is 0.338 e. The number of hydrogen-bond acceptors (Lipinski definition) is 6. The molecule has 0 spiro atoms. The molecule has 0 fully saturated rings. The number of hydrogen-bond donors (Lipinski definition) is 3. The fourth-order valence-electron chi connectivity index (χ4n) is 2.93. The van der Waals surface area contributed by atoms with Crippen molar-refractivity contribution in [1.82, 2.24) is 15.0 Å². The van der Waals surface area contributed by atoms with Gasteiger partial charge in [-0.05, 0) is 36.4 Å². The van der Waals surface area contributed by atoms with E-state index < -0.39 is 0 Å². The fraction of sp³-hybridized carbons (Fsp3) is 0.0455. The Morgan fingerprint density at radius 3 is 2.33 bits per heavy atom. The minimum absolute atomic E-state index is 0.158. The van der Waals surface area contributed by atoms with Crippen LogP contribution in [-0.2, 0) is 4.79 Å². The second kappa shape index (κ2) is 8.36. The number of amides is 2. The molecule has 2 amide bonds. The van der Waals surface area contributed by atoms with Crippen LogP contribution < -0.4 is 16.0 Å². The van der Waals surface area contributed by atoms with Gasteiger partial charge in [-0.25, -0.2) is 9.97 Å². The number of pyridine rings is 1. The van der Waals surface area contributed by atoms with Crippen LogP contribution in [0.15, 0.2) is 73.2 Å². The van der Waals surface area contributed by atoms with Crippen molar-refractivity contribution in [2.45, 2.75) is 6.92 Å². The van der Waals surface area contributed by atoms with Crippen molar-refractivity contribution in [2.75, 3.05) is 16.0 Å². The van der Waals surface area contributed by atoms with Gasteiger partial charge in [0.15, 0.2) is 0 Å². The summed E-state index contributed by atoms with van der Waals surface area (Å²) in [5.74, 6) is -0.0488. The predicted molar refractivity (Wildman–Crippen MR) is 116 cm³/mol. The first-order valence-electron chi connectivity index (χ1n) is 9.20. The van der Waals surface area contributed by atoms with Crippen LogP contribution in [0.5, 0.6) is 0 Å². The zero-order chi connectivity index (χ0) is 20.9. The molecule has 2 heterocycles. The van der Waals surface area contributed by atoms with Gasteiger partial charge in [-0.2, -0.15) is 0 Å². The summed E-state index contributed by atoms with van der Waals surface area (Å²) in [6.45, 7) is 1.44. The van der Waals surface area contributed by atoms with Gasteiger partial charge in [-0.1, -0.05) is 18.2 Å². The molecule has 4 rings (SSSR count). The first-order chi connectivity index (χ1) is 14.6. The average Bonchev–Trinajstić information content (AvgIpc) is 2.75. The minimum Gasteiger partial charge on any atom is -0.338 e. The fourth-order valence-corrected chi connectivity index (χ4v) is 2.93. The molecule has 0 saturated heterocycles. The average molecular weight is 398 g/mol. The number of anilines is 4. The number of aromatic nitrogens is 3. The third-order valence-corrected chi connectivity index (χ3v) is 4.26. The summed E-state index contributed by atoms with van der Waals surface area (Å²) in [7, 11) is 0. The lowest BCUT2D eigenvalue weighted by Gasteiger charge is -2.10. The molecule has 2 aromatic carbocycles. The third-order valence-electron chi connectivity index (χ3n) is 4.26. The van der Waals surface area contributed by atoms with Crippen LogP contribution in [0.2, 0.25) is 0 Å². The Bertz CT molecular complexity index is 1220. The van der Waals surface area contributed by atoms with Gasteiger partial charge >= 0.3 is 0 Å². The zero-order valence-electron chi connectivity index (χ0n) is 16.1. The smallest absolute Gasteiger partial charge is 0.274 e. The summed E-state index contributed by atoms with van der Waals surface area (Å²) < 4.78 is 0. The predicted octanol–water partition coefficient (Wildman–Crippen LogP) is 3.98. The molecule has 3 N–H and O–H groups in total. The number of fused-ring (bicyclic) bond motifs is 1. The van der Waals surface area contributed by atoms with E-state index in [9.17, 15) is 9.59 Å². The van der Waals surface area contributed by atoms with E-state index in [0.29, 0.717) is 17.2 Å². The monoisotopic (exact) mass is 398 g/mol. The molecule has 0 aliphatic carbocycles. The number of nitrogens with zero attached hydrogens (tertiary/aromatic N) is 3. The summed E-state index contributed by atoms with van der Waals surface area (Å²) in [6, 6.07) is 18.0. The lowest BCUT2D eigenvalue weighted by Crippen LogP contribution is -2.14. The van der Waals surface area contributed by atoms with Crippen LogP contribution in [0.25, 0.3) is 10.9 Å². The number of para-hydroxylation sites is 1. The molecular formula is C22H18N6O2. The van der Waals surface area contributed by atoms with Crippen molar-refractivity contribution >= 4 is 45.6 Å². The van der Waals surface area contributed by atoms with Crippen molar-refractivity contribution < 1.29 is 9.59 Å². The standard InChI is InChI=1S/C22H18N6O2/c1-14(29)26-16-7-9-17(10-8-16)27-22(30)19-12-20(25-13-24-19)28-18-6-2-4-15-5-3-11-23-21(15)18/h2-13H,1H3,(H,26,29)(H,27,30)(H,24,25,28). The maximum atomic E-state index is 12.6. The topological polar surface area (TPSA) is 109 Å². The molecule has 30 heavy (non-hydrogen) atoms. The van der Waals surface area contributed by atoms with Gasteiger partial charge < -0.3 is 16.0 Å². The van der Waals surface area contributed by atoms with Gasteiger partial charge in [-0.15, -0.1) is 0 Å². The van der Waals surface area contributed by atoms with Crippen LogP contribution in [0, 0.1) is 0 Å². The Hall–Kier alpha value is -4.33. The first kappa shape index (κ1) is 19.0. The van der Waals surface area contributed by atoms with E-state index in [2.05, 4.69) is 30.9 Å². The first-order valence-corrected chi connectivity index (χ1v) is 9.20. The Balaban J connectivity index is 1.50. The van der Waals surface area contributed by atoms with E-state index in [1.807, 2.05) is 30.3 Å². The summed E-state index contributed by atoms with van der Waals surface area (Å²) in [4.78, 5) is 36.3. The van der Waals surface area contributed by atoms with Crippen LogP contribution in [0.3, 0.4) is 0 Å². The lowest BCUT2D eigenvalue weighted by molar-refractivity contribution is -0.114. The van der Waals surface area contributed by atoms with Crippen molar-refractivity contribution in [3.63, 3.8) is 0 Å². The maximum absolute atomic E-state index is 12.6. The second-order valence-electron chi connectivity index (χ2n) is 6.51. The molecule has 0 aliphatic rings. The van der Waals surface area contributed by atoms with Crippen LogP contribution in [-0.4, -0.2) is 26.8 Å². The summed E-state index contributed by atoms with van der Waals surface area (Å²) in [5.41, 5.74) is 3.04. The molecular weight excluding hydrogens is 380 g/mol. The quantitative estimate of drug-likeness (QED) is 0.469. The van der Waals surface area contributed by atoms with Gasteiger partial charge in [-0.3, -0.25) is 14.6 Å². The lowest BCUT2D eigenvalue weighted by atomic mass is 10.2. The number of nitrogens with one attached hydrogen (secondary N) is 3. The van der Waals surface area contributed by atoms with E-state index >= 15 is 0 Å². The molecule has 0 saturated carbocycles. The number of rotatable bonds is 5. The van der Waals surface area contributed by atoms with Gasteiger partial charge in [0.2, 0.25) is 5.91 Å². The molecule has 0 aliphatic heterocycles. The van der Waals surface area contributed by atoms with Crippen molar-refractivity contribution in [3.8, 4) is 0 Å². The highest BCUT2D eigenvalue weighted by atomic mass is 16.2. The van der Waals surface area contributed by atoms with E-state index in [4.69, 9.17) is 0 Å². The highest BCUT2D eigenvalue weighted by Crippen LogP contribution is 2.24. The Labute approximate surface area is 172 Å². The molecule has 8 heteroatoms. The molecule has 148 valence electrons. The van der Waals surface area contributed by atoms with E-state index in [-0.39, 0.29) is 17.5 Å². The highest BCUT2D eigenvalue weighted by molar-refractivity contribution is 6.03. The normalized spacial score (nSPS) is 10.4. The second-order valence-corrected chi connectivity index (χ2v) is 6.51. The third kappa shape index (κ3) is 4.39.